The number of benzene rings is 3. The van der Waals surface area contributed by atoms with E-state index < -0.39 is 0 Å². The molecule has 31 heavy (non-hydrogen) atoms. The van der Waals surface area contributed by atoms with Gasteiger partial charge in [0.25, 0.3) is 5.69 Å². The van der Waals surface area contributed by atoms with Crippen LogP contribution in [0.25, 0.3) is 11.1 Å². The molecular formula is C24H24N2O4S. The van der Waals surface area contributed by atoms with Crippen LogP contribution in [0.3, 0.4) is 0 Å². The number of hydrogen-bond acceptors (Lipinski definition) is 6. The molecule has 0 fully saturated rings. The third kappa shape index (κ3) is 5.71. The van der Waals surface area contributed by atoms with Crippen molar-refractivity contribution < 1.29 is 14.5 Å². The number of nitro benzene ring substituents is 1. The molecule has 6 nitrogen and oxygen atoms in total. The van der Waals surface area contributed by atoms with Gasteiger partial charge in [0.1, 0.15) is 4.90 Å². The number of nitro groups is 1. The number of carbonyl (C=O) groups excluding carboxylic acids is 1. The zero-order valence-corrected chi connectivity index (χ0v) is 18.3. The highest BCUT2D eigenvalue weighted by molar-refractivity contribution is 7.97. The maximum absolute atomic E-state index is 12.3. The average molecular weight is 437 g/mol. The van der Waals surface area contributed by atoms with Crippen LogP contribution >= 0.6 is 11.9 Å². The van der Waals surface area contributed by atoms with Crippen molar-refractivity contribution in [3.05, 3.63) is 94.0 Å². The van der Waals surface area contributed by atoms with Crippen LogP contribution in [0.2, 0.25) is 0 Å². The Balaban J connectivity index is 1.96. The van der Waals surface area contributed by atoms with Gasteiger partial charge in [-0.05, 0) is 53.8 Å². The molecule has 7 heteroatoms. The second-order valence-corrected chi connectivity index (χ2v) is 7.87. The van der Waals surface area contributed by atoms with E-state index in [9.17, 15) is 14.9 Å². The summed E-state index contributed by atoms with van der Waals surface area (Å²) in [5.41, 5.74) is 3.57. The summed E-state index contributed by atoms with van der Waals surface area (Å²) in [7, 11) is 0. The Labute approximate surface area is 186 Å². The van der Waals surface area contributed by atoms with Gasteiger partial charge < -0.3 is 4.74 Å². The van der Waals surface area contributed by atoms with E-state index in [1.54, 1.807) is 31.2 Å². The standard InChI is InChI=1S/C24H24N2O4S/c1-3-25(31-23-13-9-8-12-22(23)26(28)29)17-20-16-19(24(27)30-4-2)14-15-21(20)18-10-6-5-7-11-18/h5-16H,3-4,17H2,1-2H3. The summed E-state index contributed by atoms with van der Waals surface area (Å²) >= 11 is 1.34. The fraction of sp³-hybridized carbons (Fsp3) is 0.208. The molecule has 0 aliphatic heterocycles. The van der Waals surface area contributed by atoms with Crippen molar-refractivity contribution in [2.24, 2.45) is 0 Å². The van der Waals surface area contributed by atoms with E-state index in [2.05, 4.69) is 0 Å². The lowest BCUT2D eigenvalue weighted by atomic mass is 9.97. The first-order valence-corrected chi connectivity index (χ1v) is 10.8. The zero-order valence-electron chi connectivity index (χ0n) is 17.5. The first-order chi connectivity index (χ1) is 15.0. The summed E-state index contributed by atoms with van der Waals surface area (Å²) in [6.45, 7) is 5.25. The monoisotopic (exact) mass is 436 g/mol. The van der Waals surface area contributed by atoms with Gasteiger partial charge in [0, 0.05) is 19.2 Å². The molecule has 0 saturated heterocycles. The van der Waals surface area contributed by atoms with Gasteiger partial charge in [-0.25, -0.2) is 9.10 Å². The van der Waals surface area contributed by atoms with Gasteiger partial charge in [0.15, 0.2) is 0 Å². The molecule has 0 amide bonds. The fourth-order valence-electron chi connectivity index (χ4n) is 3.19. The number of rotatable bonds is 9. The third-order valence-electron chi connectivity index (χ3n) is 4.69. The van der Waals surface area contributed by atoms with Crippen molar-refractivity contribution in [1.29, 1.82) is 0 Å². The van der Waals surface area contributed by atoms with Crippen molar-refractivity contribution in [2.45, 2.75) is 25.3 Å². The first-order valence-electron chi connectivity index (χ1n) is 10.0. The van der Waals surface area contributed by atoms with Crippen LogP contribution in [0.1, 0.15) is 29.8 Å². The fourth-order valence-corrected chi connectivity index (χ4v) is 4.17. The minimum atomic E-state index is -0.368. The van der Waals surface area contributed by atoms with Gasteiger partial charge in [0.2, 0.25) is 0 Å². The van der Waals surface area contributed by atoms with E-state index in [1.165, 1.54) is 18.0 Å². The molecule has 0 N–H and O–H groups in total. The van der Waals surface area contributed by atoms with Crippen molar-refractivity contribution in [2.75, 3.05) is 13.2 Å². The largest absolute Gasteiger partial charge is 0.462 e. The van der Waals surface area contributed by atoms with Gasteiger partial charge in [0.05, 0.1) is 17.1 Å². The lowest BCUT2D eigenvalue weighted by molar-refractivity contribution is -0.387. The second kappa shape index (κ2) is 10.7. The Morgan fingerprint density at radius 1 is 1.03 bits per heavy atom. The molecule has 3 aromatic carbocycles. The number of carbonyl (C=O) groups is 1. The zero-order chi connectivity index (χ0) is 22.2. The van der Waals surface area contributed by atoms with E-state index in [-0.39, 0.29) is 16.6 Å². The summed E-state index contributed by atoms with van der Waals surface area (Å²) in [5.74, 6) is -0.363. The van der Waals surface area contributed by atoms with Crippen LogP contribution in [0.5, 0.6) is 0 Å². The molecule has 0 aliphatic carbocycles. The van der Waals surface area contributed by atoms with Crippen molar-refractivity contribution in [1.82, 2.24) is 4.31 Å². The number of ether oxygens (including phenoxy) is 1. The highest BCUT2D eigenvalue weighted by atomic mass is 32.2. The molecule has 0 radical (unpaired) electrons. The smallest absolute Gasteiger partial charge is 0.338 e. The Morgan fingerprint density at radius 3 is 2.42 bits per heavy atom. The maximum Gasteiger partial charge on any atom is 0.338 e. The van der Waals surface area contributed by atoms with Crippen LogP contribution in [0.4, 0.5) is 5.69 Å². The summed E-state index contributed by atoms with van der Waals surface area (Å²) in [6.07, 6.45) is 0. The molecule has 0 aliphatic rings. The predicted octanol–water partition coefficient (Wildman–Crippen LogP) is 5.97. The quantitative estimate of drug-likeness (QED) is 0.178. The molecule has 0 aromatic heterocycles. The van der Waals surface area contributed by atoms with Crippen LogP contribution in [0, 0.1) is 10.1 Å². The average Bonchev–Trinajstić information content (AvgIpc) is 2.79. The Bertz CT molecular complexity index is 1060. The van der Waals surface area contributed by atoms with E-state index in [0.717, 1.165) is 16.7 Å². The molecule has 3 aromatic rings. The van der Waals surface area contributed by atoms with Gasteiger partial charge >= 0.3 is 5.97 Å². The van der Waals surface area contributed by atoms with E-state index in [0.29, 0.717) is 30.2 Å². The summed E-state index contributed by atoms with van der Waals surface area (Å²) in [4.78, 5) is 23.9. The van der Waals surface area contributed by atoms with E-state index >= 15 is 0 Å². The number of nitrogens with zero attached hydrogens (tertiary/aromatic N) is 2. The lowest BCUT2D eigenvalue weighted by Gasteiger charge is -2.21. The molecular weight excluding hydrogens is 412 g/mol. The number of esters is 1. The van der Waals surface area contributed by atoms with Gasteiger partial charge in [-0.3, -0.25) is 10.1 Å². The molecule has 0 bridgehead atoms. The molecule has 0 unspecified atom stereocenters. The van der Waals surface area contributed by atoms with Crippen LogP contribution < -0.4 is 0 Å². The Kier molecular flexibility index (Phi) is 7.81. The molecule has 0 saturated carbocycles. The van der Waals surface area contributed by atoms with Crippen molar-refractivity contribution in [3.63, 3.8) is 0 Å². The molecule has 160 valence electrons. The molecule has 0 atom stereocenters. The summed E-state index contributed by atoms with van der Waals surface area (Å²) in [6, 6.07) is 22.2. The van der Waals surface area contributed by atoms with Crippen molar-refractivity contribution >= 4 is 23.6 Å². The Morgan fingerprint density at radius 2 is 1.74 bits per heavy atom. The molecule has 0 heterocycles. The first kappa shape index (κ1) is 22.5. The normalized spacial score (nSPS) is 10.8. The SMILES string of the molecule is CCOC(=O)c1ccc(-c2ccccc2)c(CN(CC)Sc2ccccc2[N+](=O)[O-])c1. The van der Waals surface area contributed by atoms with E-state index in [4.69, 9.17) is 4.74 Å². The number of hydrogen-bond donors (Lipinski definition) is 0. The highest BCUT2D eigenvalue weighted by Gasteiger charge is 2.19. The van der Waals surface area contributed by atoms with Gasteiger partial charge in [-0.15, -0.1) is 0 Å². The second-order valence-electron chi connectivity index (χ2n) is 6.73. The van der Waals surface area contributed by atoms with Gasteiger partial charge in [-0.1, -0.05) is 55.5 Å². The maximum atomic E-state index is 12.3. The topological polar surface area (TPSA) is 72.7 Å². The molecule has 3 rings (SSSR count). The highest BCUT2D eigenvalue weighted by Crippen LogP contribution is 2.34. The predicted molar refractivity (Wildman–Crippen MR) is 123 cm³/mol. The van der Waals surface area contributed by atoms with Crippen LogP contribution in [-0.2, 0) is 11.3 Å². The van der Waals surface area contributed by atoms with Gasteiger partial charge in [-0.2, -0.15) is 0 Å². The minimum absolute atomic E-state index is 0.0782. The summed E-state index contributed by atoms with van der Waals surface area (Å²) in [5, 5.41) is 11.4. The van der Waals surface area contributed by atoms with Crippen LogP contribution in [0.15, 0.2) is 77.7 Å². The summed E-state index contributed by atoms with van der Waals surface area (Å²) < 4.78 is 7.21. The third-order valence-corrected chi connectivity index (χ3v) is 5.88. The van der Waals surface area contributed by atoms with Crippen molar-refractivity contribution in [3.8, 4) is 11.1 Å². The molecule has 0 spiro atoms. The Hall–Kier alpha value is -3.16. The number of para-hydroxylation sites is 1. The lowest BCUT2D eigenvalue weighted by Crippen LogP contribution is -2.16. The minimum Gasteiger partial charge on any atom is -0.462 e. The van der Waals surface area contributed by atoms with E-state index in [1.807, 2.05) is 53.7 Å². The van der Waals surface area contributed by atoms with Crippen LogP contribution in [-0.4, -0.2) is 28.3 Å².